The van der Waals surface area contributed by atoms with E-state index in [-0.39, 0.29) is 5.41 Å². The Morgan fingerprint density at radius 3 is 1.48 bits per heavy atom. The van der Waals surface area contributed by atoms with Gasteiger partial charge in [-0.15, -0.1) is 0 Å². The molecule has 11 aromatic rings. The van der Waals surface area contributed by atoms with Gasteiger partial charge in [0, 0.05) is 27.6 Å². The van der Waals surface area contributed by atoms with Gasteiger partial charge in [-0.2, -0.15) is 0 Å². The summed E-state index contributed by atoms with van der Waals surface area (Å²) in [7, 11) is 0. The molecule has 0 N–H and O–H groups in total. The molecule has 0 fully saturated rings. The molecule has 0 bridgehead atoms. The van der Waals surface area contributed by atoms with Gasteiger partial charge in [-0.25, -0.2) is 4.98 Å². The van der Waals surface area contributed by atoms with E-state index in [1.807, 2.05) is 0 Å². The molecule has 0 saturated heterocycles. The fourth-order valence-corrected chi connectivity index (χ4v) is 12.6. The van der Waals surface area contributed by atoms with Crippen LogP contribution < -0.4 is 4.90 Å². The van der Waals surface area contributed by atoms with E-state index < -0.39 is 5.41 Å². The van der Waals surface area contributed by atoms with Crippen molar-refractivity contribution < 1.29 is 0 Å². The van der Waals surface area contributed by atoms with Crippen LogP contribution in [0.4, 0.5) is 17.2 Å². The van der Waals surface area contributed by atoms with Gasteiger partial charge in [-0.1, -0.05) is 226 Å². The van der Waals surface area contributed by atoms with Gasteiger partial charge in [-0.05, 0) is 119 Å². The molecule has 3 aliphatic carbocycles. The molecule has 1 heterocycles. The number of nitrogens with zero attached hydrogens (tertiary/aromatic N) is 2. The standard InChI is InChI=1S/C67H46N2/c1-66(2)56-33-14-10-29-51(56)53-31-19-32-54(64(53)66)55-41-45-25-9-18-37-61(45)68-65(55)69(62-38-20-30-47(43-21-5-3-6-22-43)63(62)44-23-7-4-8-24-44)46-39-40-52-50-28-13-17-36-59(50)67(60(52)42-46)57-34-15-11-26-48(57)49-27-12-16-35-58(49)67/h3-42H,1-2H3. The normalized spacial score (nSPS) is 13.9. The number of fused-ring (bicyclic) bond motifs is 14. The Kier molecular flexibility index (Phi) is 8.58. The first-order chi connectivity index (χ1) is 34.0. The van der Waals surface area contributed by atoms with E-state index in [0.29, 0.717) is 0 Å². The molecule has 0 saturated carbocycles. The number of anilines is 3. The Bertz CT molecular complexity index is 3820. The quantitative estimate of drug-likeness (QED) is 0.165. The lowest BCUT2D eigenvalue weighted by molar-refractivity contribution is 0.662. The summed E-state index contributed by atoms with van der Waals surface area (Å²) in [5.41, 5.74) is 24.8. The molecule has 0 unspecified atom stereocenters. The van der Waals surface area contributed by atoms with Crippen LogP contribution in [-0.4, -0.2) is 4.98 Å². The third kappa shape index (κ3) is 5.58. The van der Waals surface area contributed by atoms with E-state index in [1.54, 1.807) is 0 Å². The molecule has 10 aromatic carbocycles. The van der Waals surface area contributed by atoms with Crippen molar-refractivity contribution in [3.05, 3.63) is 276 Å². The first kappa shape index (κ1) is 39.6. The Morgan fingerprint density at radius 2 is 0.826 bits per heavy atom. The van der Waals surface area contributed by atoms with E-state index in [4.69, 9.17) is 4.98 Å². The zero-order valence-electron chi connectivity index (χ0n) is 38.5. The van der Waals surface area contributed by atoms with Crippen molar-refractivity contribution in [1.29, 1.82) is 0 Å². The van der Waals surface area contributed by atoms with Crippen molar-refractivity contribution in [1.82, 2.24) is 4.98 Å². The van der Waals surface area contributed by atoms with Gasteiger partial charge in [0.1, 0.15) is 5.82 Å². The van der Waals surface area contributed by atoms with Gasteiger partial charge >= 0.3 is 0 Å². The first-order valence-electron chi connectivity index (χ1n) is 24.1. The Labute approximate surface area is 403 Å². The Morgan fingerprint density at radius 1 is 0.348 bits per heavy atom. The van der Waals surface area contributed by atoms with E-state index >= 15 is 0 Å². The van der Waals surface area contributed by atoms with E-state index in [0.717, 1.165) is 55.9 Å². The van der Waals surface area contributed by atoms with Crippen molar-refractivity contribution in [3.63, 3.8) is 0 Å². The summed E-state index contributed by atoms with van der Waals surface area (Å²) in [6.07, 6.45) is 0. The molecule has 3 aliphatic rings. The summed E-state index contributed by atoms with van der Waals surface area (Å²) in [6, 6.07) is 89.9. The molecule has 14 rings (SSSR count). The minimum absolute atomic E-state index is 0.256. The number of hydrogen-bond acceptors (Lipinski definition) is 2. The van der Waals surface area contributed by atoms with Gasteiger partial charge in [0.15, 0.2) is 0 Å². The van der Waals surface area contributed by atoms with Crippen LogP contribution in [0, 0.1) is 0 Å². The molecule has 1 spiro atoms. The minimum Gasteiger partial charge on any atom is -0.294 e. The van der Waals surface area contributed by atoms with Crippen molar-refractivity contribution in [2.24, 2.45) is 0 Å². The summed E-state index contributed by atoms with van der Waals surface area (Å²) >= 11 is 0. The lowest BCUT2D eigenvalue weighted by atomic mass is 9.70. The van der Waals surface area contributed by atoms with Crippen molar-refractivity contribution in [2.45, 2.75) is 24.7 Å². The molecule has 0 amide bonds. The largest absolute Gasteiger partial charge is 0.294 e. The highest BCUT2D eigenvalue weighted by Crippen LogP contribution is 2.64. The molecular weight excluding hydrogens is 833 g/mol. The highest BCUT2D eigenvalue weighted by atomic mass is 15.2. The highest BCUT2D eigenvalue weighted by Gasteiger charge is 2.52. The smallest absolute Gasteiger partial charge is 0.146 e. The zero-order chi connectivity index (χ0) is 45.8. The number of benzene rings is 10. The summed E-state index contributed by atoms with van der Waals surface area (Å²) < 4.78 is 0. The maximum Gasteiger partial charge on any atom is 0.146 e. The summed E-state index contributed by atoms with van der Waals surface area (Å²) in [5, 5.41) is 1.10. The van der Waals surface area contributed by atoms with Gasteiger partial charge in [0.25, 0.3) is 0 Å². The summed E-state index contributed by atoms with van der Waals surface area (Å²) in [4.78, 5) is 8.38. The third-order valence-corrected chi connectivity index (χ3v) is 15.5. The lowest BCUT2D eigenvalue weighted by Crippen LogP contribution is -2.26. The number of hydrogen-bond donors (Lipinski definition) is 0. The lowest BCUT2D eigenvalue weighted by Gasteiger charge is -2.34. The molecule has 0 radical (unpaired) electrons. The average molecular weight is 879 g/mol. The first-order valence-corrected chi connectivity index (χ1v) is 24.1. The van der Waals surface area contributed by atoms with Crippen molar-refractivity contribution in [2.75, 3.05) is 4.90 Å². The molecule has 324 valence electrons. The number of para-hydroxylation sites is 1. The zero-order valence-corrected chi connectivity index (χ0v) is 38.5. The molecule has 1 aromatic heterocycles. The maximum absolute atomic E-state index is 5.88. The second-order valence-corrected chi connectivity index (χ2v) is 19.3. The van der Waals surface area contributed by atoms with Crippen LogP contribution in [0.5, 0.6) is 0 Å². The van der Waals surface area contributed by atoms with Gasteiger partial charge < -0.3 is 0 Å². The van der Waals surface area contributed by atoms with Gasteiger partial charge in [-0.3, -0.25) is 4.90 Å². The Hall–Kier alpha value is -8.59. The van der Waals surface area contributed by atoms with Crippen LogP contribution in [0.25, 0.3) is 77.7 Å². The monoisotopic (exact) mass is 878 g/mol. The maximum atomic E-state index is 5.88. The molecule has 0 aliphatic heterocycles. The fraction of sp³-hybridized carbons (Fsp3) is 0.0597. The van der Waals surface area contributed by atoms with E-state index in [2.05, 4.69) is 261 Å². The number of aromatic nitrogens is 1. The highest BCUT2D eigenvalue weighted by molar-refractivity contribution is 6.03. The Balaban J connectivity index is 1.12. The fourth-order valence-electron chi connectivity index (χ4n) is 12.6. The van der Waals surface area contributed by atoms with Crippen LogP contribution in [0.2, 0.25) is 0 Å². The third-order valence-electron chi connectivity index (χ3n) is 15.5. The van der Waals surface area contributed by atoms with Gasteiger partial charge in [0.05, 0.1) is 16.6 Å². The van der Waals surface area contributed by atoms with Crippen molar-refractivity contribution in [3.8, 4) is 66.8 Å². The van der Waals surface area contributed by atoms with Crippen molar-refractivity contribution >= 4 is 28.1 Å². The van der Waals surface area contributed by atoms with E-state index in [1.165, 1.54) is 72.3 Å². The molecule has 2 nitrogen and oxygen atoms in total. The average Bonchev–Trinajstić information content (AvgIpc) is 3.97. The molecule has 0 atom stereocenters. The minimum atomic E-state index is -0.523. The summed E-state index contributed by atoms with van der Waals surface area (Å²) in [6.45, 7) is 4.78. The SMILES string of the molecule is CC1(C)c2ccccc2-c2cccc(-c3cc4ccccc4nc3N(c3ccc4c(c3)C3(c5ccccc5-c5ccccc53)c3ccccc3-4)c3cccc(-c4ccccc4)c3-c3ccccc3)c21. The second-order valence-electron chi connectivity index (χ2n) is 19.3. The van der Waals surface area contributed by atoms with E-state index in [9.17, 15) is 0 Å². The topological polar surface area (TPSA) is 16.1 Å². The molecular formula is C67H46N2. The molecule has 69 heavy (non-hydrogen) atoms. The van der Waals surface area contributed by atoms with Crippen LogP contribution >= 0.6 is 0 Å². The predicted octanol–water partition coefficient (Wildman–Crippen LogP) is 17.4. The van der Waals surface area contributed by atoms with Crippen LogP contribution in [0.15, 0.2) is 243 Å². The predicted molar refractivity (Wildman–Crippen MR) is 287 cm³/mol. The van der Waals surface area contributed by atoms with Crippen LogP contribution in [0.1, 0.15) is 47.2 Å². The van der Waals surface area contributed by atoms with Gasteiger partial charge in [0.2, 0.25) is 0 Å². The van der Waals surface area contributed by atoms with Crippen LogP contribution in [-0.2, 0) is 10.8 Å². The molecule has 2 heteroatoms. The second kappa shape index (κ2) is 15.0. The van der Waals surface area contributed by atoms with Crippen LogP contribution in [0.3, 0.4) is 0 Å². The number of pyridine rings is 1. The summed E-state index contributed by atoms with van der Waals surface area (Å²) in [5.74, 6) is 0.882. The number of rotatable bonds is 6.